The summed E-state index contributed by atoms with van der Waals surface area (Å²) in [5.74, 6) is -0.207. The number of alkyl halides is 3. The number of rotatable bonds is 8. The van der Waals surface area contributed by atoms with Gasteiger partial charge in [0, 0.05) is 56.7 Å². The number of nitrogens with one attached hydrogen (secondary N) is 1. The lowest BCUT2D eigenvalue weighted by atomic mass is 10.0. The molecule has 0 amide bonds. The van der Waals surface area contributed by atoms with Gasteiger partial charge in [-0.25, -0.2) is 0 Å². The molecule has 2 aromatic carbocycles. The van der Waals surface area contributed by atoms with Crippen LogP contribution in [0.2, 0.25) is 0 Å². The molecule has 2 aromatic rings. The summed E-state index contributed by atoms with van der Waals surface area (Å²) in [4.78, 5) is 8.35. The molecule has 2 saturated heterocycles. The van der Waals surface area contributed by atoms with Crippen molar-refractivity contribution in [2.45, 2.75) is 45.0 Å². The Hall–Kier alpha value is -2.52. The Bertz CT molecular complexity index is 968. The second-order valence-corrected chi connectivity index (χ2v) is 10.1. The third kappa shape index (κ3) is 8.00. The predicted octanol–water partition coefficient (Wildman–Crippen LogP) is 5.70. The molecule has 2 aliphatic heterocycles. The van der Waals surface area contributed by atoms with Crippen LogP contribution in [0.5, 0.6) is 5.75 Å². The first-order valence-electron chi connectivity index (χ1n) is 12.7. The van der Waals surface area contributed by atoms with Gasteiger partial charge in [0.15, 0.2) is 0 Å². The van der Waals surface area contributed by atoms with Gasteiger partial charge in [0.25, 0.3) is 0 Å². The molecule has 2 fully saturated rings. The number of piperazine rings is 1. The van der Waals surface area contributed by atoms with E-state index in [4.69, 9.17) is 12.2 Å². The minimum Gasteiger partial charge on any atom is -0.406 e. The van der Waals surface area contributed by atoms with E-state index in [1.165, 1.54) is 23.4 Å². The molecule has 0 spiro atoms. The van der Waals surface area contributed by atoms with Crippen LogP contribution in [0.4, 0.5) is 24.5 Å². The summed E-state index contributed by atoms with van der Waals surface area (Å²) < 4.78 is 40.9. The third-order valence-corrected chi connectivity index (χ3v) is 7.41. The van der Waals surface area contributed by atoms with Crippen molar-refractivity contribution in [3.05, 3.63) is 54.1 Å². The summed E-state index contributed by atoms with van der Waals surface area (Å²) in [7, 11) is 0. The van der Waals surface area contributed by atoms with Crippen LogP contribution in [-0.4, -0.2) is 73.0 Å². The SMILES string of the molecule is Cc1ccc(N2CCN(CCCC(=S)N3CCC(Nc4ccc(OC(F)(F)F)cc4)CC3)CC2)cc1. The molecule has 196 valence electrons. The summed E-state index contributed by atoms with van der Waals surface area (Å²) in [6.45, 7) is 9.30. The Kier molecular flexibility index (Phi) is 8.95. The highest BCUT2D eigenvalue weighted by Gasteiger charge is 2.31. The van der Waals surface area contributed by atoms with E-state index in [1.54, 1.807) is 12.1 Å². The van der Waals surface area contributed by atoms with Gasteiger partial charge in [0.1, 0.15) is 5.75 Å². The van der Waals surface area contributed by atoms with Crippen LogP contribution in [0.3, 0.4) is 0 Å². The first-order chi connectivity index (χ1) is 17.2. The molecule has 2 aliphatic rings. The normalized spacial score (nSPS) is 17.8. The molecule has 0 bridgehead atoms. The zero-order valence-corrected chi connectivity index (χ0v) is 21.6. The van der Waals surface area contributed by atoms with Crippen molar-refractivity contribution < 1.29 is 17.9 Å². The van der Waals surface area contributed by atoms with E-state index in [0.717, 1.165) is 82.2 Å². The molecule has 0 unspecified atom stereocenters. The average Bonchev–Trinajstić information content (AvgIpc) is 2.86. The lowest BCUT2D eigenvalue weighted by Crippen LogP contribution is -2.47. The number of likely N-dealkylation sites (tertiary alicyclic amines) is 1. The number of nitrogens with zero attached hydrogens (tertiary/aromatic N) is 3. The molecule has 36 heavy (non-hydrogen) atoms. The van der Waals surface area contributed by atoms with Gasteiger partial charge < -0.3 is 19.9 Å². The van der Waals surface area contributed by atoms with Crippen LogP contribution < -0.4 is 15.0 Å². The highest BCUT2D eigenvalue weighted by Crippen LogP contribution is 2.25. The Labute approximate surface area is 217 Å². The fourth-order valence-corrected chi connectivity index (χ4v) is 5.19. The van der Waals surface area contributed by atoms with Crippen molar-refractivity contribution in [1.82, 2.24) is 9.80 Å². The molecule has 9 heteroatoms. The number of piperidine rings is 1. The van der Waals surface area contributed by atoms with Crippen LogP contribution in [0, 0.1) is 6.92 Å². The average molecular weight is 521 g/mol. The van der Waals surface area contributed by atoms with E-state index >= 15 is 0 Å². The zero-order valence-electron chi connectivity index (χ0n) is 20.8. The van der Waals surface area contributed by atoms with Crippen LogP contribution in [0.15, 0.2) is 48.5 Å². The Balaban J connectivity index is 1.11. The van der Waals surface area contributed by atoms with Crippen molar-refractivity contribution in [3.8, 4) is 5.75 Å². The molecule has 4 rings (SSSR count). The number of hydrogen-bond donors (Lipinski definition) is 1. The number of ether oxygens (including phenoxy) is 1. The summed E-state index contributed by atoms with van der Waals surface area (Å²) in [5, 5.41) is 3.42. The Morgan fingerprint density at radius 2 is 1.58 bits per heavy atom. The lowest BCUT2D eigenvalue weighted by molar-refractivity contribution is -0.274. The number of halogens is 3. The van der Waals surface area contributed by atoms with Crippen molar-refractivity contribution in [3.63, 3.8) is 0 Å². The molecular weight excluding hydrogens is 485 g/mol. The number of aryl methyl sites for hydroxylation is 1. The summed E-state index contributed by atoms with van der Waals surface area (Å²) in [5.41, 5.74) is 3.40. The van der Waals surface area contributed by atoms with Crippen LogP contribution >= 0.6 is 12.2 Å². The molecule has 0 saturated carbocycles. The lowest BCUT2D eigenvalue weighted by Gasteiger charge is -2.37. The Morgan fingerprint density at radius 1 is 0.944 bits per heavy atom. The second-order valence-electron chi connectivity index (χ2n) is 9.64. The van der Waals surface area contributed by atoms with Gasteiger partial charge in [-0.05, 0) is 75.5 Å². The van der Waals surface area contributed by atoms with E-state index in [-0.39, 0.29) is 11.8 Å². The summed E-state index contributed by atoms with van der Waals surface area (Å²) >= 11 is 5.73. The van der Waals surface area contributed by atoms with Gasteiger partial charge in [-0.3, -0.25) is 4.90 Å². The Morgan fingerprint density at radius 3 is 2.19 bits per heavy atom. The molecule has 0 atom stereocenters. The minimum atomic E-state index is -4.67. The standard InChI is InChI=1S/C27H35F3N4OS/c1-21-4-8-24(9-5-21)33-19-17-32(18-20-33)14-2-3-26(36)34-15-12-23(13-16-34)31-22-6-10-25(11-7-22)35-27(28,29)30/h4-11,23,31H,2-3,12-20H2,1H3. The molecule has 2 heterocycles. The van der Waals surface area contributed by atoms with E-state index in [2.05, 4.69) is 55.9 Å². The van der Waals surface area contributed by atoms with Crippen molar-refractivity contribution in [1.29, 1.82) is 0 Å². The predicted molar refractivity (Wildman–Crippen MR) is 143 cm³/mol. The quantitative estimate of drug-likeness (QED) is 0.450. The van der Waals surface area contributed by atoms with E-state index in [1.807, 2.05) is 0 Å². The number of thiocarbonyl (C=S) groups is 1. The zero-order chi connectivity index (χ0) is 25.5. The number of benzene rings is 2. The number of anilines is 2. The molecule has 5 nitrogen and oxygen atoms in total. The highest BCUT2D eigenvalue weighted by molar-refractivity contribution is 7.80. The molecule has 1 N–H and O–H groups in total. The van der Waals surface area contributed by atoms with Crippen LogP contribution in [0.25, 0.3) is 0 Å². The van der Waals surface area contributed by atoms with E-state index in [9.17, 15) is 13.2 Å². The minimum absolute atomic E-state index is 0.207. The largest absolute Gasteiger partial charge is 0.573 e. The fraction of sp³-hybridized carbons (Fsp3) is 0.519. The smallest absolute Gasteiger partial charge is 0.406 e. The second kappa shape index (κ2) is 12.1. The highest BCUT2D eigenvalue weighted by atomic mass is 32.1. The van der Waals surface area contributed by atoms with Gasteiger partial charge in [0.05, 0.1) is 4.99 Å². The van der Waals surface area contributed by atoms with Gasteiger partial charge in [-0.15, -0.1) is 13.2 Å². The maximum atomic E-state index is 12.3. The van der Waals surface area contributed by atoms with Crippen LogP contribution in [0.1, 0.15) is 31.2 Å². The first-order valence-corrected chi connectivity index (χ1v) is 13.1. The van der Waals surface area contributed by atoms with Crippen LogP contribution in [-0.2, 0) is 0 Å². The topological polar surface area (TPSA) is 31.0 Å². The van der Waals surface area contributed by atoms with E-state index < -0.39 is 6.36 Å². The molecule has 0 aromatic heterocycles. The van der Waals surface area contributed by atoms with Gasteiger partial charge in [-0.2, -0.15) is 0 Å². The maximum Gasteiger partial charge on any atom is 0.573 e. The van der Waals surface area contributed by atoms with Gasteiger partial charge >= 0.3 is 6.36 Å². The van der Waals surface area contributed by atoms with Crippen molar-refractivity contribution >= 4 is 28.6 Å². The van der Waals surface area contributed by atoms with Crippen molar-refractivity contribution in [2.75, 3.05) is 56.0 Å². The monoisotopic (exact) mass is 520 g/mol. The van der Waals surface area contributed by atoms with E-state index in [0.29, 0.717) is 0 Å². The molecule has 0 aliphatic carbocycles. The number of hydrogen-bond acceptors (Lipinski definition) is 5. The molecule has 0 radical (unpaired) electrons. The van der Waals surface area contributed by atoms with Crippen molar-refractivity contribution in [2.24, 2.45) is 0 Å². The summed E-state index contributed by atoms with van der Waals surface area (Å²) in [6, 6.07) is 15.0. The third-order valence-electron chi connectivity index (χ3n) is 6.94. The van der Waals surface area contributed by atoms with Gasteiger partial charge in [-0.1, -0.05) is 29.9 Å². The van der Waals surface area contributed by atoms with Gasteiger partial charge in [0.2, 0.25) is 0 Å². The summed E-state index contributed by atoms with van der Waals surface area (Å²) in [6.07, 6.45) is -0.763. The first kappa shape index (κ1) is 26.5. The fourth-order valence-electron chi connectivity index (χ4n) is 4.86. The maximum absolute atomic E-state index is 12.3. The molecular formula is C27H35F3N4OS.